The molecule has 62 valence electrons. The fourth-order valence-corrected chi connectivity index (χ4v) is 1.91. The van der Waals surface area contributed by atoms with Crippen LogP contribution in [0.15, 0.2) is 30.3 Å². The second-order valence-electron chi connectivity index (χ2n) is 3.37. The molecule has 12 heavy (non-hydrogen) atoms. The van der Waals surface area contributed by atoms with Gasteiger partial charge in [-0.2, -0.15) is 0 Å². The molecule has 0 N–H and O–H groups in total. The van der Waals surface area contributed by atoms with Crippen LogP contribution in [0.2, 0.25) is 0 Å². The van der Waals surface area contributed by atoms with E-state index in [2.05, 4.69) is 43.3 Å². The van der Waals surface area contributed by atoms with Crippen molar-refractivity contribution in [1.82, 2.24) is 0 Å². The van der Waals surface area contributed by atoms with E-state index in [4.69, 9.17) is 0 Å². The van der Waals surface area contributed by atoms with E-state index in [0.717, 1.165) is 5.92 Å². The molecule has 0 aromatic heterocycles. The largest absolute Gasteiger partial charge is 0.0833 e. The van der Waals surface area contributed by atoms with E-state index < -0.39 is 0 Å². The van der Waals surface area contributed by atoms with E-state index in [1.54, 1.807) is 0 Å². The summed E-state index contributed by atoms with van der Waals surface area (Å²) < 4.78 is 0. The smallest absolute Gasteiger partial charge is 0.0124 e. The molecule has 0 amide bonds. The standard InChI is InChI=1S/C12H14/c1-2-10-7-5-8-11-6-3-4-9-12(10)11/h3-6,8-10H,2,7H2,1H3/t10-/m1/s1. The van der Waals surface area contributed by atoms with Crippen LogP contribution in [0.25, 0.3) is 6.08 Å². The molecule has 1 atom stereocenters. The average Bonchev–Trinajstić information content (AvgIpc) is 2.17. The molecule has 2 rings (SSSR count). The van der Waals surface area contributed by atoms with Gasteiger partial charge in [-0.1, -0.05) is 43.3 Å². The summed E-state index contributed by atoms with van der Waals surface area (Å²) in [6.07, 6.45) is 6.99. The second kappa shape index (κ2) is 3.14. The first-order valence-electron chi connectivity index (χ1n) is 4.67. The van der Waals surface area contributed by atoms with E-state index in [1.165, 1.54) is 24.0 Å². The molecule has 1 aromatic rings. The van der Waals surface area contributed by atoms with Gasteiger partial charge in [0.05, 0.1) is 0 Å². The maximum atomic E-state index is 2.29. The van der Waals surface area contributed by atoms with Gasteiger partial charge in [-0.25, -0.2) is 0 Å². The van der Waals surface area contributed by atoms with E-state index in [-0.39, 0.29) is 0 Å². The summed E-state index contributed by atoms with van der Waals surface area (Å²) in [5.74, 6) is 0.756. The third-order valence-corrected chi connectivity index (χ3v) is 2.65. The average molecular weight is 158 g/mol. The Kier molecular flexibility index (Phi) is 1.99. The topological polar surface area (TPSA) is 0 Å². The van der Waals surface area contributed by atoms with Gasteiger partial charge in [0.15, 0.2) is 0 Å². The lowest BCUT2D eigenvalue weighted by Crippen LogP contribution is -2.01. The highest BCUT2D eigenvalue weighted by Gasteiger charge is 2.13. The predicted molar refractivity (Wildman–Crippen MR) is 53.1 cm³/mol. The fraction of sp³-hybridized carbons (Fsp3) is 0.333. The Hall–Kier alpha value is -1.04. The van der Waals surface area contributed by atoms with Crippen molar-refractivity contribution in [1.29, 1.82) is 0 Å². The van der Waals surface area contributed by atoms with Crippen LogP contribution in [-0.2, 0) is 0 Å². The molecule has 0 aliphatic heterocycles. The molecule has 1 aliphatic rings. The van der Waals surface area contributed by atoms with Crippen LogP contribution in [-0.4, -0.2) is 0 Å². The van der Waals surface area contributed by atoms with Gasteiger partial charge >= 0.3 is 0 Å². The van der Waals surface area contributed by atoms with E-state index in [0.29, 0.717) is 0 Å². The minimum atomic E-state index is 0.756. The van der Waals surface area contributed by atoms with Crippen LogP contribution in [0.1, 0.15) is 36.8 Å². The number of hydrogen-bond donors (Lipinski definition) is 0. The van der Waals surface area contributed by atoms with Gasteiger partial charge in [-0.3, -0.25) is 0 Å². The Bertz CT molecular complexity index is 297. The van der Waals surface area contributed by atoms with Crippen molar-refractivity contribution in [2.24, 2.45) is 0 Å². The number of allylic oxidation sites excluding steroid dienone is 1. The van der Waals surface area contributed by atoms with Crippen LogP contribution in [0.5, 0.6) is 0 Å². The Balaban J connectivity index is 2.45. The lowest BCUT2D eigenvalue weighted by Gasteiger charge is -2.19. The van der Waals surface area contributed by atoms with Crippen LogP contribution in [0.4, 0.5) is 0 Å². The quantitative estimate of drug-likeness (QED) is 0.585. The number of benzene rings is 1. The lowest BCUT2D eigenvalue weighted by molar-refractivity contribution is 0.668. The number of hydrogen-bond acceptors (Lipinski definition) is 0. The van der Waals surface area contributed by atoms with Crippen molar-refractivity contribution in [3.8, 4) is 0 Å². The molecule has 0 saturated carbocycles. The minimum absolute atomic E-state index is 0.756. The molecular weight excluding hydrogens is 144 g/mol. The van der Waals surface area contributed by atoms with Crippen molar-refractivity contribution < 1.29 is 0 Å². The Morgan fingerprint density at radius 1 is 1.33 bits per heavy atom. The van der Waals surface area contributed by atoms with Crippen LogP contribution in [0, 0.1) is 0 Å². The van der Waals surface area contributed by atoms with Gasteiger partial charge in [-0.05, 0) is 29.9 Å². The number of fused-ring (bicyclic) bond motifs is 1. The van der Waals surface area contributed by atoms with Gasteiger partial charge in [0, 0.05) is 0 Å². The Labute approximate surface area is 73.9 Å². The van der Waals surface area contributed by atoms with E-state index in [1.807, 2.05) is 0 Å². The molecule has 0 nitrogen and oxygen atoms in total. The molecule has 0 radical (unpaired) electrons. The summed E-state index contributed by atoms with van der Waals surface area (Å²) in [4.78, 5) is 0. The molecule has 0 fully saturated rings. The normalized spacial score (nSPS) is 20.6. The highest BCUT2D eigenvalue weighted by molar-refractivity contribution is 5.57. The van der Waals surface area contributed by atoms with Gasteiger partial charge in [-0.15, -0.1) is 0 Å². The van der Waals surface area contributed by atoms with Gasteiger partial charge < -0.3 is 0 Å². The van der Waals surface area contributed by atoms with Crippen molar-refractivity contribution in [2.75, 3.05) is 0 Å². The first kappa shape index (κ1) is 7.60. The van der Waals surface area contributed by atoms with Crippen molar-refractivity contribution in [3.63, 3.8) is 0 Å². The SMILES string of the molecule is CC[C@@H]1CC=Cc2ccccc21. The van der Waals surface area contributed by atoms with Gasteiger partial charge in [0.2, 0.25) is 0 Å². The van der Waals surface area contributed by atoms with Crippen LogP contribution >= 0.6 is 0 Å². The zero-order valence-electron chi connectivity index (χ0n) is 7.46. The summed E-state index contributed by atoms with van der Waals surface area (Å²) in [7, 11) is 0. The molecule has 0 bridgehead atoms. The third kappa shape index (κ3) is 1.18. The maximum Gasteiger partial charge on any atom is -0.0124 e. The highest BCUT2D eigenvalue weighted by Crippen LogP contribution is 2.31. The maximum absolute atomic E-state index is 2.29. The zero-order chi connectivity index (χ0) is 8.39. The molecule has 0 spiro atoms. The van der Waals surface area contributed by atoms with Crippen LogP contribution < -0.4 is 0 Å². The van der Waals surface area contributed by atoms with Gasteiger partial charge in [0.1, 0.15) is 0 Å². The van der Waals surface area contributed by atoms with Crippen molar-refractivity contribution in [3.05, 3.63) is 41.5 Å². The summed E-state index contributed by atoms with van der Waals surface area (Å²) in [6, 6.07) is 8.71. The summed E-state index contributed by atoms with van der Waals surface area (Å²) >= 11 is 0. The molecule has 0 saturated heterocycles. The monoisotopic (exact) mass is 158 g/mol. The fourth-order valence-electron chi connectivity index (χ4n) is 1.91. The first-order chi connectivity index (χ1) is 5.92. The summed E-state index contributed by atoms with van der Waals surface area (Å²) in [5.41, 5.74) is 2.94. The molecule has 1 aromatic carbocycles. The first-order valence-corrected chi connectivity index (χ1v) is 4.67. The third-order valence-electron chi connectivity index (χ3n) is 2.65. The van der Waals surface area contributed by atoms with Crippen molar-refractivity contribution >= 4 is 6.08 Å². The second-order valence-corrected chi connectivity index (χ2v) is 3.37. The zero-order valence-corrected chi connectivity index (χ0v) is 7.46. The lowest BCUT2D eigenvalue weighted by atomic mass is 9.86. The minimum Gasteiger partial charge on any atom is -0.0833 e. The Morgan fingerprint density at radius 3 is 3.00 bits per heavy atom. The molecule has 0 unspecified atom stereocenters. The number of rotatable bonds is 1. The highest BCUT2D eigenvalue weighted by atomic mass is 14.2. The van der Waals surface area contributed by atoms with E-state index >= 15 is 0 Å². The van der Waals surface area contributed by atoms with Gasteiger partial charge in [0.25, 0.3) is 0 Å². The molecule has 0 heterocycles. The summed E-state index contributed by atoms with van der Waals surface area (Å²) in [6.45, 7) is 2.26. The van der Waals surface area contributed by atoms with Crippen LogP contribution in [0.3, 0.4) is 0 Å². The molecular formula is C12H14. The van der Waals surface area contributed by atoms with E-state index in [9.17, 15) is 0 Å². The molecule has 1 aliphatic carbocycles. The summed E-state index contributed by atoms with van der Waals surface area (Å²) in [5, 5.41) is 0. The predicted octanol–water partition coefficient (Wildman–Crippen LogP) is 3.60. The molecule has 0 heteroatoms. The van der Waals surface area contributed by atoms with Crippen molar-refractivity contribution in [2.45, 2.75) is 25.7 Å². The Morgan fingerprint density at radius 2 is 2.17 bits per heavy atom.